The van der Waals surface area contributed by atoms with Crippen molar-refractivity contribution in [1.29, 1.82) is 0 Å². The van der Waals surface area contributed by atoms with E-state index in [4.69, 9.17) is 4.74 Å². The van der Waals surface area contributed by atoms with Gasteiger partial charge in [-0.1, -0.05) is 20.8 Å². The molecule has 25 heavy (non-hydrogen) atoms. The summed E-state index contributed by atoms with van der Waals surface area (Å²) in [5, 5.41) is 4.40. The average Bonchev–Trinajstić information content (AvgIpc) is 3.22. The second kappa shape index (κ2) is 6.51. The zero-order valence-electron chi connectivity index (χ0n) is 14.8. The Balaban J connectivity index is 1.74. The largest absolute Gasteiger partial charge is 0.457 e. The van der Waals surface area contributed by atoms with E-state index in [1.807, 2.05) is 39.1 Å². The van der Waals surface area contributed by atoms with Crippen LogP contribution >= 0.6 is 0 Å². The molecule has 3 aromatic rings. The van der Waals surface area contributed by atoms with Crippen molar-refractivity contribution >= 4 is 5.97 Å². The van der Waals surface area contributed by atoms with Gasteiger partial charge in [0.2, 0.25) is 0 Å². The quantitative estimate of drug-likeness (QED) is 0.683. The SMILES string of the molecule is Cn1cc(C(=O)OCc2ccnc(-n3ccnc3)c2)c(C(C)(C)C)n1. The van der Waals surface area contributed by atoms with Gasteiger partial charge in [0, 0.05) is 37.3 Å². The van der Waals surface area contributed by atoms with Crippen molar-refractivity contribution < 1.29 is 9.53 Å². The Kier molecular flexibility index (Phi) is 4.39. The van der Waals surface area contributed by atoms with E-state index in [0.29, 0.717) is 5.56 Å². The molecule has 0 amide bonds. The molecule has 3 heterocycles. The molecule has 3 aromatic heterocycles. The standard InChI is InChI=1S/C18H21N5O2/c1-18(2,3)16-14(10-22(4)21-16)17(24)25-11-13-5-6-20-15(9-13)23-8-7-19-12-23/h5-10,12H,11H2,1-4H3. The highest BCUT2D eigenvalue weighted by molar-refractivity contribution is 5.90. The van der Waals surface area contributed by atoms with Gasteiger partial charge in [0.15, 0.2) is 0 Å². The fourth-order valence-corrected chi connectivity index (χ4v) is 2.50. The van der Waals surface area contributed by atoms with Gasteiger partial charge in [0.1, 0.15) is 24.3 Å². The lowest BCUT2D eigenvalue weighted by molar-refractivity contribution is 0.0469. The minimum Gasteiger partial charge on any atom is -0.457 e. The van der Waals surface area contributed by atoms with E-state index in [2.05, 4.69) is 15.1 Å². The van der Waals surface area contributed by atoms with Gasteiger partial charge in [-0.25, -0.2) is 14.8 Å². The molecule has 0 unspecified atom stereocenters. The first-order valence-electron chi connectivity index (χ1n) is 7.99. The lowest BCUT2D eigenvalue weighted by Gasteiger charge is -2.16. The second-order valence-electron chi connectivity index (χ2n) is 6.88. The summed E-state index contributed by atoms with van der Waals surface area (Å²) < 4.78 is 8.93. The summed E-state index contributed by atoms with van der Waals surface area (Å²) >= 11 is 0. The van der Waals surface area contributed by atoms with Crippen LogP contribution < -0.4 is 0 Å². The minimum absolute atomic E-state index is 0.168. The Morgan fingerprint density at radius 2 is 2.08 bits per heavy atom. The van der Waals surface area contributed by atoms with Gasteiger partial charge < -0.3 is 4.74 Å². The third-order valence-electron chi connectivity index (χ3n) is 3.71. The zero-order valence-corrected chi connectivity index (χ0v) is 14.8. The summed E-state index contributed by atoms with van der Waals surface area (Å²) in [7, 11) is 1.80. The highest BCUT2D eigenvalue weighted by Gasteiger charge is 2.26. The third kappa shape index (κ3) is 3.76. The lowest BCUT2D eigenvalue weighted by atomic mass is 9.89. The molecule has 7 nitrogen and oxygen atoms in total. The van der Waals surface area contributed by atoms with Crippen LogP contribution in [0.3, 0.4) is 0 Å². The number of hydrogen-bond acceptors (Lipinski definition) is 5. The predicted octanol–water partition coefficient (Wildman–Crippen LogP) is 2.66. The third-order valence-corrected chi connectivity index (χ3v) is 3.71. The highest BCUT2D eigenvalue weighted by Crippen LogP contribution is 2.25. The van der Waals surface area contributed by atoms with Crippen molar-refractivity contribution in [2.24, 2.45) is 7.05 Å². The van der Waals surface area contributed by atoms with E-state index >= 15 is 0 Å². The molecule has 3 rings (SSSR count). The van der Waals surface area contributed by atoms with Crippen LogP contribution in [0.2, 0.25) is 0 Å². The van der Waals surface area contributed by atoms with E-state index in [9.17, 15) is 4.79 Å². The second-order valence-corrected chi connectivity index (χ2v) is 6.88. The number of carbonyl (C=O) groups excluding carboxylic acids is 1. The summed E-state index contributed by atoms with van der Waals surface area (Å²) in [6.45, 7) is 6.23. The first-order chi connectivity index (χ1) is 11.8. The topological polar surface area (TPSA) is 74.8 Å². The maximum Gasteiger partial charge on any atom is 0.341 e. The average molecular weight is 339 g/mol. The lowest BCUT2D eigenvalue weighted by Crippen LogP contribution is -2.18. The number of pyridine rings is 1. The zero-order chi connectivity index (χ0) is 18.0. The molecule has 0 atom stereocenters. The van der Waals surface area contributed by atoms with Gasteiger partial charge in [-0.05, 0) is 17.7 Å². The molecule has 0 bridgehead atoms. The molecule has 0 saturated carbocycles. The normalized spacial score (nSPS) is 11.5. The molecule has 0 aliphatic carbocycles. The summed E-state index contributed by atoms with van der Waals surface area (Å²) in [6, 6.07) is 3.69. The fourth-order valence-electron chi connectivity index (χ4n) is 2.50. The Morgan fingerprint density at radius 1 is 1.28 bits per heavy atom. The van der Waals surface area contributed by atoms with Crippen molar-refractivity contribution in [2.75, 3.05) is 0 Å². The van der Waals surface area contributed by atoms with Crippen LogP contribution in [0, 0.1) is 0 Å². The predicted molar refractivity (Wildman–Crippen MR) is 92.4 cm³/mol. The van der Waals surface area contributed by atoms with Crippen molar-refractivity contribution in [2.45, 2.75) is 32.8 Å². The molecule has 0 fully saturated rings. The monoisotopic (exact) mass is 339 g/mol. The van der Waals surface area contributed by atoms with Crippen LogP contribution in [0.15, 0.2) is 43.2 Å². The van der Waals surface area contributed by atoms with Crippen molar-refractivity contribution in [3.63, 3.8) is 0 Å². The summed E-state index contributed by atoms with van der Waals surface area (Å²) in [4.78, 5) is 20.8. The number of aryl methyl sites for hydroxylation is 1. The first-order valence-corrected chi connectivity index (χ1v) is 7.99. The van der Waals surface area contributed by atoms with E-state index in [1.54, 1.807) is 41.2 Å². The Morgan fingerprint density at radius 3 is 2.76 bits per heavy atom. The van der Waals surface area contributed by atoms with Gasteiger partial charge in [-0.15, -0.1) is 0 Å². The fraction of sp³-hybridized carbons (Fsp3) is 0.333. The van der Waals surface area contributed by atoms with Gasteiger partial charge in [0.25, 0.3) is 0 Å². The van der Waals surface area contributed by atoms with E-state index in [0.717, 1.165) is 17.1 Å². The maximum atomic E-state index is 12.5. The first kappa shape index (κ1) is 16.9. The van der Waals surface area contributed by atoms with Crippen LogP contribution in [0.1, 0.15) is 42.4 Å². The number of nitrogens with zero attached hydrogens (tertiary/aromatic N) is 5. The molecule has 7 heteroatoms. The van der Waals surface area contributed by atoms with Gasteiger partial charge in [-0.3, -0.25) is 9.25 Å². The van der Waals surface area contributed by atoms with E-state index in [-0.39, 0.29) is 18.0 Å². The smallest absolute Gasteiger partial charge is 0.341 e. The highest BCUT2D eigenvalue weighted by atomic mass is 16.5. The van der Waals surface area contributed by atoms with Crippen LogP contribution in [-0.2, 0) is 23.8 Å². The minimum atomic E-state index is -0.376. The molecule has 0 spiro atoms. The number of carbonyl (C=O) groups is 1. The van der Waals surface area contributed by atoms with Gasteiger partial charge in [0.05, 0.1) is 5.69 Å². The number of rotatable bonds is 4. The number of esters is 1. The Labute approximate surface area is 146 Å². The molecular formula is C18H21N5O2. The van der Waals surface area contributed by atoms with Gasteiger partial charge >= 0.3 is 5.97 Å². The van der Waals surface area contributed by atoms with Crippen LogP contribution in [0.4, 0.5) is 0 Å². The number of aromatic nitrogens is 5. The van der Waals surface area contributed by atoms with Gasteiger partial charge in [-0.2, -0.15) is 5.10 Å². The number of ether oxygens (including phenoxy) is 1. The molecule has 0 saturated heterocycles. The van der Waals surface area contributed by atoms with E-state index < -0.39 is 0 Å². The van der Waals surface area contributed by atoms with Crippen molar-refractivity contribution in [3.8, 4) is 5.82 Å². The molecule has 0 N–H and O–H groups in total. The molecule has 0 radical (unpaired) electrons. The summed E-state index contributed by atoms with van der Waals surface area (Å²) in [6.07, 6.45) is 8.55. The summed E-state index contributed by atoms with van der Waals surface area (Å²) in [5.74, 6) is 0.349. The molecule has 0 aliphatic heterocycles. The van der Waals surface area contributed by atoms with Crippen LogP contribution in [-0.4, -0.2) is 30.3 Å². The molecule has 0 aliphatic rings. The number of hydrogen-bond donors (Lipinski definition) is 0. The molecular weight excluding hydrogens is 318 g/mol. The Bertz CT molecular complexity index is 875. The van der Waals surface area contributed by atoms with Crippen LogP contribution in [0.5, 0.6) is 0 Å². The molecule has 130 valence electrons. The van der Waals surface area contributed by atoms with E-state index in [1.165, 1.54) is 0 Å². The maximum absolute atomic E-state index is 12.5. The number of imidazole rings is 1. The van der Waals surface area contributed by atoms with Crippen molar-refractivity contribution in [1.82, 2.24) is 24.3 Å². The van der Waals surface area contributed by atoms with Crippen molar-refractivity contribution in [3.05, 3.63) is 60.1 Å². The molecule has 0 aromatic carbocycles. The van der Waals surface area contributed by atoms with Crippen LogP contribution in [0.25, 0.3) is 5.82 Å². The Hall–Kier alpha value is -2.96. The summed E-state index contributed by atoms with van der Waals surface area (Å²) in [5.41, 5.74) is 1.85.